The summed E-state index contributed by atoms with van der Waals surface area (Å²) in [6.45, 7) is 0. The highest BCUT2D eigenvalue weighted by Gasteiger charge is 2.11. The quantitative estimate of drug-likeness (QED) is 0.569. The van der Waals surface area contributed by atoms with E-state index in [1.807, 2.05) is 84.9 Å². The number of anilines is 1. The molecule has 0 spiro atoms. The molecule has 1 aromatic heterocycles. The lowest BCUT2D eigenvalue weighted by molar-refractivity contribution is -0.115. The zero-order valence-corrected chi connectivity index (χ0v) is 14.5. The number of nitrogens with one attached hydrogen (secondary N) is 1. The molecule has 1 N–H and O–H groups in total. The molecule has 4 rings (SSSR count). The van der Waals surface area contributed by atoms with E-state index < -0.39 is 0 Å². The number of carbonyl (C=O) groups is 1. The monoisotopic (exact) mass is 355 g/mol. The fourth-order valence-corrected chi connectivity index (χ4v) is 2.76. The smallest absolute Gasteiger partial charge is 0.258 e. The van der Waals surface area contributed by atoms with Crippen molar-refractivity contribution in [3.63, 3.8) is 0 Å². The Kier molecular flexibility index (Phi) is 4.74. The van der Waals surface area contributed by atoms with Crippen molar-refractivity contribution < 1.29 is 9.32 Å². The Morgan fingerprint density at radius 2 is 1.56 bits per heavy atom. The summed E-state index contributed by atoms with van der Waals surface area (Å²) in [7, 11) is 0. The maximum absolute atomic E-state index is 12.3. The average molecular weight is 355 g/mol. The first kappa shape index (κ1) is 16.7. The maximum Gasteiger partial charge on any atom is 0.258 e. The van der Waals surface area contributed by atoms with Gasteiger partial charge in [0.1, 0.15) is 0 Å². The van der Waals surface area contributed by atoms with Gasteiger partial charge in [0.25, 0.3) is 5.89 Å². The molecular formula is C22H17N3O2. The molecule has 5 nitrogen and oxygen atoms in total. The van der Waals surface area contributed by atoms with Crippen LogP contribution >= 0.6 is 0 Å². The molecule has 0 saturated heterocycles. The lowest BCUT2D eigenvalue weighted by Crippen LogP contribution is -2.14. The van der Waals surface area contributed by atoms with Gasteiger partial charge in [0.15, 0.2) is 0 Å². The minimum absolute atomic E-state index is 0.0751. The van der Waals surface area contributed by atoms with Gasteiger partial charge in [-0.15, -0.1) is 0 Å². The lowest BCUT2D eigenvalue weighted by Gasteiger charge is -2.06. The first-order chi connectivity index (χ1) is 13.3. The van der Waals surface area contributed by atoms with Crippen molar-refractivity contribution in [2.24, 2.45) is 0 Å². The molecule has 0 bridgehead atoms. The van der Waals surface area contributed by atoms with E-state index in [-0.39, 0.29) is 5.91 Å². The second kappa shape index (κ2) is 7.66. The van der Waals surface area contributed by atoms with Gasteiger partial charge in [-0.05, 0) is 23.8 Å². The van der Waals surface area contributed by atoms with Crippen molar-refractivity contribution in [3.8, 4) is 22.8 Å². The van der Waals surface area contributed by atoms with Crippen LogP contribution in [0, 0.1) is 0 Å². The molecule has 0 radical (unpaired) electrons. The van der Waals surface area contributed by atoms with Crippen molar-refractivity contribution >= 4 is 11.6 Å². The lowest BCUT2D eigenvalue weighted by atomic mass is 10.1. The van der Waals surface area contributed by atoms with Crippen LogP contribution in [0.25, 0.3) is 22.8 Å². The molecule has 0 saturated carbocycles. The van der Waals surface area contributed by atoms with Gasteiger partial charge < -0.3 is 9.84 Å². The third-order valence-corrected chi connectivity index (χ3v) is 4.06. The van der Waals surface area contributed by atoms with E-state index in [0.717, 1.165) is 16.7 Å². The Morgan fingerprint density at radius 3 is 2.33 bits per heavy atom. The highest BCUT2D eigenvalue weighted by molar-refractivity contribution is 5.92. The van der Waals surface area contributed by atoms with Gasteiger partial charge in [0, 0.05) is 16.8 Å². The SMILES string of the molecule is O=C(Cc1ccccc1)Nc1cccc(-c2nc(-c3ccccc3)no2)c1. The van der Waals surface area contributed by atoms with Gasteiger partial charge in [0.2, 0.25) is 11.7 Å². The van der Waals surface area contributed by atoms with E-state index in [0.29, 0.717) is 23.8 Å². The number of rotatable bonds is 5. The van der Waals surface area contributed by atoms with Gasteiger partial charge in [-0.25, -0.2) is 0 Å². The van der Waals surface area contributed by atoms with Gasteiger partial charge in [0.05, 0.1) is 6.42 Å². The molecule has 0 aliphatic carbocycles. The third-order valence-electron chi connectivity index (χ3n) is 4.06. The summed E-state index contributed by atoms with van der Waals surface area (Å²) >= 11 is 0. The van der Waals surface area contributed by atoms with Crippen LogP contribution in [0.2, 0.25) is 0 Å². The molecule has 132 valence electrons. The Labute approximate surface area is 156 Å². The Balaban J connectivity index is 1.49. The normalized spacial score (nSPS) is 10.5. The van der Waals surface area contributed by atoms with Crippen LogP contribution in [0.4, 0.5) is 5.69 Å². The molecule has 27 heavy (non-hydrogen) atoms. The molecule has 5 heteroatoms. The van der Waals surface area contributed by atoms with E-state index in [9.17, 15) is 4.79 Å². The number of benzene rings is 3. The molecule has 0 unspecified atom stereocenters. The van der Waals surface area contributed by atoms with Crippen molar-refractivity contribution in [1.82, 2.24) is 10.1 Å². The first-order valence-corrected chi connectivity index (χ1v) is 8.61. The van der Waals surface area contributed by atoms with Gasteiger partial charge in [-0.3, -0.25) is 4.79 Å². The van der Waals surface area contributed by atoms with Crippen LogP contribution in [0.3, 0.4) is 0 Å². The molecule has 0 atom stereocenters. The van der Waals surface area contributed by atoms with Crippen molar-refractivity contribution in [2.75, 3.05) is 5.32 Å². The fraction of sp³-hybridized carbons (Fsp3) is 0.0455. The van der Waals surface area contributed by atoms with E-state index in [1.165, 1.54) is 0 Å². The molecule has 0 aliphatic heterocycles. The summed E-state index contributed by atoms with van der Waals surface area (Å²) in [5.74, 6) is 0.867. The minimum atomic E-state index is -0.0751. The van der Waals surface area contributed by atoms with E-state index >= 15 is 0 Å². The summed E-state index contributed by atoms with van der Waals surface area (Å²) < 4.78 is 5.39. The highest BCUT2D eigenvalue weighted by atomic mass is 16.5. The Morgan fingerprint density at radius 1 is 0.852 bits per heavy atom. The van der Waals surface area contributed by atoms with Crippen molar-refractivity contribution in [2.45, 2.75) is 6.42 Å². The van der Waals surface area contributed by atoms with Crippen LogP contribution in [-0.4, -0.2) is 16.0 Å². The standard InChI is InChI=1S/C22H17N3O2/c26-20(14-16-8-3-1-4-9-16)23-19-13-7-12-18(15-19)22-24-21(25-27-22)17-10-5-2-6-11-17/h1-13,15H,14H2,(H,23,26). The van der Waals surface area contributed by atoms with E-state index in [4.69, 9.17) is 4.52 Å². The molecule has 0 fully saturated rings. The predicted molar refractivity (Wildman–Crippen MR) is 104 cm³/mol. The Bertz CT molecular complexity index is 1040. The zero-order chi connectivity index (χ0) is 18.5. The van der Waals surface area contributed by atoms with E-state index in [2.05, 4.69) is 15.5 Å². The second-order valence-electron chi connectivity index (χ2n) is 6.08. The number of aromatic nitrogens is 2. The fourth-order valence-electron chi connectivity index (χ4n) is 2.76. The number of hydrogen-bond donors (Lipinski definition) is 1. The average Bonchev–Trinajstić information content (AvgIpc) is 3.20. The van der Waals surface area contributed by atoms with Crippen molar-refractivity contribution in [3.05, 3.63) is 90.5 Å². The van der Waals surface area contributed by atoms with Gasteiger partial charge in [-0.2, -0.15) is 4.98 Å². The van der Waals surface area contributed by atoms with Crippen LogP contribution in [0.5, 0.6) is 0 Å². The first-order valence-electron chi connectivity index (χ1n) is 8.61. The Hall–Kier alpha value is -3.73. The third kappa shape index (κ3) is 4.10. The molecule has 1 amide bonds. The maximum atomic E-state index is 12.3. The molecular weight excluding hydrogens is 338 g/mol. The molecule has 4 aromatic rings. The summed E-state index contributed by atoms with van der Waals surface area (Å²) in [6, 6.07) is 26.6. The number of amides is 1. The molecule has 3 aromatic carbocycles. The summed E-state index contributed by atoms with van der Waals surface area (Å²) in [4.78, 5) is 16.7. The van der Waals surface area contributed by atoms with Crippen LogP contribution in [0.1, 0.15) is 5.56 Å². The summed E-state index contributed by atoms with van der Waals surface area (Å²) in [5.41, 5.74) is 3.30. The summed E-state index contributed by atoms with van der Waals surface area (Å²) in [5, 5.41) is 6.95. The van der Waals surface area contributed by atoms with E-state index in [1.54, 1.807) is 0 Å². The van der Waals surface area contributed by atoms with Gasteiger partial charge in [-0.1, -0.05) is 71.9 Å². The highest BCUT2D eigenvalue weighted by Crippen LogP contribution is 2.24. The largest absolute Gasteiger partial charge is 0.334 e. The summed E-state index contributed by atoms with van der Waals surface area (Å²) in [6.07, 6.45) is 0.323. The number of hydrogen-bond acceptors (Lipinski definition) is 4. The van der Waals surface area contributed by atoms with Crippen LogP contribution in [-0.2, 0) is 11.2 Å². The number of carbonyl (C=O) groups excluding carboxylic acids is 1. The minimum Gasteiger partial charge on any atom is -0.334 e. The second-order valence-corrected chi connectivity index (χ2v) is 6.08. The molecule has 0 aliphatic rings. The van der Waals surface area contributed by atoms with Crippen LogP contribution < -0.4 is 5.32 Å². The predicted octanol–water partition coefficient (Wildman–Crippen LogP) is 4.58. The van der Waals surface area contributed by atoms with Crippen LogP contribution in [0.15, 0.2) is 89.5 Å². The topological polar surface area (TPSA) is 68.0 Å². The number of nitrogens with zero attached hydrogens (tertiary/aromatic N) is 2. The van der Waals surface area contributed by atoms with Gasteiger partial charge >= 0.3 is 0 Å². The van der Waals surface area contributed by atoms with Crippen molar-refractivity contribution in [1.29, 1.82) is 0 Å². The zero-order valence-electron chi connectivity index (χ0n) is 14.5. The molecule has 1 heterocycles.